The van der Waals surface area contributed by atoms with Gasteiger partial charge >= 0.3 is 0 Å². The molecule has 0 unspecified atom stereocenters. The molecule has 1 aromatic carbocycles. The second kappa shape index (κ2) is 7.37. The lowest BCUT2D eigenvalue weighted by molar-refractivity contribution is -0.0511. The van der Waals surface area contributed by atoms with Crippen LogP contribution in [0.5, 0.6) is 0 Å². The van der Waals surface area contributed by atoms with Crippen molar-refractivity contribution in [1.82, 2.24) is 19.5 Å². The standard InChI is InChI=1S/C17H18ClN5O4/c18-10-3-1-2-9(4-10)5-19-15-12-16(21-7-20-15)23(8-22-12)17-14(26)13(25)11(6-24)27-17/h1-4,7-8,11,13-14,17,24-26H,5-6H2,(H,19,20,21)/t11-,13-,14+,17-/m1/s1. The molecule has 9 nitrogen and oxygen atoms in total. The van der Waals surface area contributed by atoms with Crippen LogP contribution in [0.25, 0.3) is 11.2 Å². The molecule has 0 spiro atoms. The van der Waals surface area contributed by atoms with E-state index in [-0.39, 0.29) is 0 Å². The molecule has 3 aromatic rings. The summed E-state index contributed by atoms with van der Waals surface area (Å²) in [5.74, 6) is 0.519. The molecular weight excluding hydrogens is 374 g/mol. The highest BCUT2D eigenvalue weighted by molar-refractivity contribution is 6.30. The van der Waals surface area contributed by atoms with E-state index in [4.69, 9.17) is 16.3 Å². The Morgan fingerprint density at radius 1 is 1.19 bits per heavy atom. The number of aliphatic hydroxyl groups is 3. The Morgan fingerprint density at radius 2 is 2.04 bits per heavy atom. The molecule has 0 amide bonds. The maximum absolute atomic E-state index is 10.2. The third kappa shape index (κ3) is 3.35. The van der Waals surface area contributed by atoms with Crippen molar-refractivity contribution in [2.75, 3.05) is 11.9 Å². The van der Waals surface area contributed by atoms with Crippen LogP contribution in [0.15, 0.2) is 36.9 Å². The molecule has 4 rings (SSSR count). The third-order valence-corrected chi connectivity index (χ3v) is 4.73. The highest BCUT2D eigenvalue weighted by atomic mass is 35.5. The number of nitrogens with zero attached hydrogens (tertiary/aromatic N) is 4. The molecule has 1 aliphatic heterocycles. The van der Waals surface area contributed by atoms with E-state index in [0.29, 0.717) is 28.5 Å². The van der Waals surface area contributed by atoms with Crippen molar-refractivity contribution in [3.63, 3.8) is 0 Å². The van der Waals surface area contributed by atoms with Gasteiger partial charge in [0.25, 0.3) is 0 Å². The van der Waals surface area contributed by atoms with Crippen molar-refractivity contribution < 1.29 is 20.1 Å². The number of nitrogens with one attached hydrogen (secondary N) is 1. The van der Waals surface area contributed by atoms with Crippen molar-refractivity contribution in [2.45, 2.75) is 31.1 Å². The van der Waals surface area contributed by atoms with Crippen LogP contribution in [-0.4, -0.2) is 59.8 Å². The minimum absolute atomic E-state index is 0.400. The van der Waals surface area contributed by atoms with Crippen molar-refractivity contribution in [3.8, 4) is 0 Å². The van der Waals surface area contributed by atoms with Crippen LogP contribution in [0.2, 0.25) is 5.02 Å². The van der Waals surface area contributed by atoms with Gasteiger partial charge in [0, 0.05) is 11.6 Å². The summed E-state index contributed by atoms with van der Waals surface area (Å²) in [7, 11) is 0. The van der Waals surface area contributed by atoms with E-state index in [1.54, 1.807) is 6.07 Å². The number of benzene rings is 1. The van der Waals surface area contributed by atoms with Crippen molar-refractivity contribution >= 4 is 28.6 Å². The van der Waals surface area contributed by atoms with Crippen LogP contribution in [0.3, 0.4) is 0 Å². The quantitative estimate of drug-likeness (QED) is 0.501. The van der Waals surface area contributed by atoms with E-state index in [1.807, 2.05) is 18.2 Å². The zero-order chi connectivity index (χ0) is 19.0. The number of aliphatic hydroxyl groups excluding tert-OH is 3. The first-order valence-electron chi connectivity index (χ1n) is 8.37. The monoisotopic (exact) mass is 391 g/mol. The summed E-state index contributed by atoms with van der Waals surface area (Å²) < 4.78 is 7.07. The van der Waals surface area contributed by atoms with E-state index < -0.39 is 31.1 Å². The van der Waals surface area contributed by atoms with Gasteiger partial charge in [-0.1, -0.05) is 23.7 Å². The topological polar surface area (TPSA) is 126 Å². The van der Waals surface area contributed by atoms with Crippen LogP contribution in [0.4, 0.5) is 5.82 Å². The Kier molecular flexibility index (Phi) is 4.94. The molecule has 2 aromatic heterocycles. The summed E-state index contributed by atoms with van der Waals surface area (Å²) in [5, 5.41) is 33.3. The van der Waals surface area contributed by atoms with Crippen molar-refractivity contribution in [2.24, 2.45) is 0 Å². The first-order valence-corrected chi connectivity index (χ1v) is 8.74. The van der Waals surface area contributed by atoms with Gasteiger partial charge in [-0.2, -0.15) is 0 Å². The fourth-order valence-corrected chi connectivity index (χ4v) is 3.32. The van der Waals surface area contributed by atoms with Gasteiger partial charge < -0.3 is 25.4 Å². The minimum atomic E-state index is -1.21. The van der Waals surface area contributed by atoms with Crippen LogP contribution in [0.1, 0.15) is 11.8 Å². The molecule has 0 radical (unpaired) electrons. The Bertz CT molecular complexity index is 952. The zero-order valence-corrected chi connectivity index (χ0v) is 14.9. The van der Waals surface area contributed by atoms with Crippen LogP contribution < -0.4 is 5.32 Å². The summed E-state index contributed by atoms with van der Waals surface area (Å²) in [4.78, 5) is 12.8. The predicted octanol–water partition coefficient (Wildman–Crippen LogP) is 0.703. The first kappa shape index (κ1) is 18.1. The molecule has 1 fully saturated rings. The van der Waals surface area contributed by atoms with Crippen LogP contribution >= 0.6 is 11.6 Å². The number of rotatable bonds is 5. The second-order valence-electron chi connectivity index (χ2n) is 6.26. The fraction of sp³-hybridized carbons (Fsp3) is 0.353. The lowest BCUT2D eigenvalue weighted by Crippen LogP contribution is -2.33. The Labute approximate surface area is 159 Å². The number of imidazole rings is 1. The Balaban J connectivity index is 1.60. The van der Waals surface area contributed by atoms with Crippen molar-refractivity contribution in [3.05, 3.63) is 47.5 Å². The molecule has 1 aliphatic rings. The minimum Gasteiger partial charge on any atom is -0.394 e. The predicted molar refractivity (Wildman–Crippen MR) is 97.1 cm³/mol. The van der Waals surface area contributed by atoms with E-state index >= 15 is 0 Å². The number of fused-ring (bicyclic) bond motifs is 1. The molecule has 10 heteroatoms. The van der Waals surface area contributed by atoms with Gasteiger partial charge in [0.05, 0.1) is 12.9 Å². The molecule has 4 N–H and O–H groups in total. The number of anilines is 1. The maximum Gasteiger partial charge on any atom is 0.167 e. The Hall–Kier alpha value is -2.30. The number of ether oxygens (including phenoxy) is 1. The van der Waals surface area contributed by atoms with Gasteiger partial charge in [-0.25, -0.2) is 15.0 Å². The van der Waals surface area contributed by atoms with Crippen LogP contribution in [-0.2, 0) is 11.3 Å². The average Bonchev–Trinajstić information content (AvgIpc) is 3.22. The molecule has 0 saturated carbocycles. The number of halogens is 1. The largest absolute Gasteiger partial charge is 0.394 e. The van der Waals surface area contributed by atoms with Gasteiger partial charge in [-0.3, -0.25) is 4.57 Å². The molecule has 1 saturated heterocycles. The van der Waals surface area contributed by atoms with E-state index in [9.17, 15) is 15.3 Å². The van der Waals surface area contributed by atoms with Gasteiger partial charge in [0.15, 0.2) is 23.2 Å². The number of hydrogen-bond acceptors (Lipinski definition) is 8. The smallest absolute Gasteiger partial charge is 0.167 e. The number of aromatic nitrogens is 4. The third-order valence-electron chi connectivity index (χ3n) is 4.50. The second-order valence-corrected chi connectivity index (χ2v) is 6.70. The highest BCUT2D eigenvalue weighted by Gasteiger charge is 2.44. The lowest BCUT2D eigenvalue weighted by Gasteiger charge is -2.16. The molecule has 27 heavy (non-hydrogen) atoms. The van der Waals surface area contributed by atoms with E-state index in [2.05, 4.69) is 20.3 Å². The van der Waals surface area contributed by atoms with Gasteiger partial charge in [0.1, 0.15) is 24.6 Å². The lowest BCUT2D eigenvalue weighted by atomic mass is 10.1. The molecule has 3 heterocycles. The molecular formula is C17H18ClN5O4. The van der Waals surface area contributed by atoms with E-state index in [1.165, 1.54) is 17.2 Å². The SMILES string of the molecule is OC[C@H]1O[C@@H](n2cnc3c(NCc4cccc(Cl)c4)ncnc32)[C@@H](O)[C@@H]1O. The van der Waals surface area contributed by atoms with Crippen molar-refractivity contribution in [1.29, 1.82) is 0 Å². The molecule has 142 valence electrons. The molecule has 0 bridgehead atoms. The summed E-state index contributed by atoms with van der Waals surface area (Å²) >= 11 is 6.00. The van der Waals surface area contributed by atoms with Gasteiger partial charge in [0.2, 0.25) is 0 Å². The van der Waals surface area contributed by atoms with Crippen LogP contribution in [0, 0.1) is 0 Å². The maximum atomic E-state index is 10.2. The summed E-state index contributed by atoms with van der Waals surface area (Å²) in [6.07, 6.45) is -1.34. The zero-order valence-electron chi connectivity index (χ0n) is 14.1. The molecule has 4 atom stereocenters. The summed E-state index contributed by atoms with van der Waals surface area (Å²) in [6, 6.07) is 7.46. The average molecular weight is 392 g/mol. The summed E-state index contributed by atoms with van der Waals surface area (Å²) in [5.41, 5.74) is 1.92. The molecule has 0 aliphatic carbocycles. The van der Waals surface area contributed by atoms with Gasteiger partial charge in [-0.05, 0) is 17.7 Å². The normalized spacial score (nSPS) is 25.2. The first-order chi connectivity index (χ1) is 13.1. The van der Waals surface area contributed by atoms with E-state index in [0.717, 1.165) is 5.56 Å². The number of hydrogen-bond donors (Lipinski definition) is 4. The fourth-order valence-electron chi connectivity index (χ4n) is 3.11. The summed E-state index contributed by atoms with van der Waals surface area (Å²) in [6.45, 7) is 0.0934. The van der Waals surface area contributed by atoms with Gasteiger partial charge in [-0.15, -0.1) is 0 Å². The Morgan fingerprint density at radius 3 is 2.78 bits per heavy atom. The highest BCUT2D eigenvalue weighted by Crippen LogP contribution is 2.32.